The summed E-state index contributed by atoms with van der Waals surface area (Å²) in [6.45, 7) is 5.12. The summed E-state index contributed by atoms with van der Waals surface area (Å²) in [7, 11) is 0. The first kappa shape index (κ1) is 26.6. The molecular weight excluding hydrogens is 459 g/mol. The Morgan fingerprint density at radius 2 is 1.47 bits per heavy atom. The minimum Gasteiger partial charge on any atom is -0.481 e. The zero-order valence-corrected chi connectivity index (χ0v) is 20.6. The van der Waals surface area contributed by atoms with E-state index in [0.29, 0.717) is 12.0 Å². The molecule has 6 nitrogen and oxygen atoms in total. The standard InChI is InChI=1S/C29H31FN2O4/c1-19(28(35)36)17-25(27(34)32-29(2,3)18-20-9-15-24(30)16-10-20)31-26(33)23-13-11-22(12-14-23)21-7-5-4-6-8-21/h4-16,19,25H,17-18H2,1-3H3,(H,31,33)(H,32,34)(H,35,36)/t19?,25-/m0/s1. The number of carbonyl (C=O) groups excluding carboxylic acids is 2. The molecule has 3 N–H and O–H groups in total. The van der Waals surface area contributed by atoms with Crippen LogP contribution in [-0.4, -0.2) is 34.5 Å². The highest BCUT2D eigenvalue weighted by atomic mass is 19.1. The fourth-order valence-corrected chi connectivity index (χ4v) is 3.95. The van der Waals surface area contributed by atoms with Crippen LogP contribution in [0.2, 0.25) is 0 Å². The van der Waals surface area contributed by atoms with Crippen LogP contribution in [0.25, 0.3) is 11.1 Å². The van der Waals surface area contributed by atoms with Gasteiger partial charge in [0.05, 0.1) is 5.92 Å². The van der Waals surface area contributed by atoms with E-state index >= 15 is 0 Å². The van der Waals surface area contributed by atoms with Gasteiger partial charge in [0.2, 0.25) is 5.91 Å². The molecule has 0 aliphatic heterocycles. The minimum atomic E-state index is -1.06. The van der Waals surface area contributed by atoms with Crippen LogP contribution in [0.4, 0.5) is 4.39 Å². The van der Waals surface area contributed by atoms with Gasteiger partial charge in [-0.25, -0.2) is 4.39 Å². The van der Waals surface area contributed by atoms with E-state index in [1.165, 1.54) is 19.1 Å². The van der Waals surface area contributed by atoms with Crippen molar-refractivity contribution in [2.45, 2.75) is 45.2 Å². The third kappa shape index (κ3) is 7.50. The number of carboxylic acids is 1. The lowest BCUT2D eigenvalue weighted by Crippen LogP contribution is -2.54. The van der Waals surface area contributed by atoms with E-state index in [0.717, 1.165) is 16.7 Å². The molecule has 0 spiro atoms. The molecule has 3 rings (SSSR count). The lowest BCUT2D eigenvalue weighted by Gasteiger charge is -2.30. The molecule has 3 aromatic rings. The third-order valence-electron chi connectivity index (χ3n) is 5.91. The predicted octanol–water partition coefficient (Wildman–Crippen LogP) is 4.84. The van der Waals surface area contributed by atoms with Gasteiger partial charge in [-0.05, 0) is 67.6 Å². The summed E-state index contributed by atoms with van der Waals surface area (Å²) in [5, 5.41) is 15.0. The molecule has 0 saturated carbocycles. The number of nitrogens with one attached hydrogen (secondary N) is 2. The van der Waals surface area contributed by atoms with Crippen molar-refractivity contribution in [3.8, 4) is 11.1 Å². The monoisotopic (exact) mass is 490 g/mol. The van der Waals surface area contributed by atoms with Gasteiger partial charge >= 0.3 is 5.97 Å². The Bertz CT molecular complexity index is 1190. The second-order valence-electron chi connectivity index (χ2n) is 9.62. The SMILES string of the molecule is CC(C[C@H](NC(=O)c1ccc(-c2ccccc2)cc1)C(=O)NC(C)(C)Cc1ccc(F)cc1)C(=O)O. The first-order valence-corrected chi connectivity index (χ1v) is 11.8. The van der Waals surface area contributed by atoms with Crippen LogP contribution in [0.3, 0.4) is 0 Å². The Morgan fingerprint density at radius 3 is 2.06 bits per heavy atom. The maximum absolute atomic E-state index is 13.2. The summed E-state index contributed by atoms with van der Waals surface area (Å²) in [6, 6.07) is 21.7. The summed E-state index contributed by atoms with van der Waals surface area (Å²) in [5.41, 5.74) is 2.44. The Hall–Kier alpha value is -4.00. The number of aliphatic carboxylic acids is 1. The van der Waals surface area contributed by atoms with E-state index in [4.69, 9.17) is 0 Å². The zero-order chi connectivity index (χ0) is 26.3. The molecule has 0 aliphatic rings. The molecule has 188 valence electrons. The van der Waals surface area contributed by atoms with Crippen LogP contribution in [-0.2, 0) is 16.0 Å². The van der Waals surface area contributed by atoms with Crippen molar-refractivity contribution >= 4 is 17.8 Å². The topological polar surface area (TPSA) is 95.5 Å². The summed E-state index contributed by atoms with van der Waals surface area (Å²) in [4.78, 5) is 37.6. The van der Waals surface area contributed by atoms with Crippen LogP contribution in [0, 0.1) is 11.7 Å². The molecule has 0 aliphatic carbocycles. The number of amides is 2. The van der Waals surface area contributed by atoms with Gasteiger partial charge in [0.15, 0.2) is 0 Å². The lowest BCUT2D eigenvalue weighted by molar-refractivity contribution is -0.141. The van der Waals surface area contributed by atoms with E-state index in [-0.39, 0.29) is 12.2 Å². The van der Waals surface area contributed by atoms with Crippen molar-refractivity contribution in [3.63, 3.8) is 0 Å². The first-order chi connectivity index (χ1) is 17.0. The first-order valence-electron chi connectivity index (χ1n) is 11.8. The van der Waals surface area contributed by atoms with Gasteiger partial charge in [-0.1, -0.05) is 61.5 Å². The van der Waals surface area contributed by atoms with Gasteiger partial charge in [-0.3, -0.25) is 14.4 Å². The molecule has 7 heteroatoms. The van der Waals surface area contributed by atoms with Gasteiger partial charge < -0.3 is 15.7 Å². The largest absolute Gasteiger partial charge is 0.481 e. The van der Waals surface area contributed by atoms with Crippen LogP contribution >= 0.6 is 0 Å². The summed E-state index contributed by atoms with van der Waals surface area (Å²) in [5.74, 6) is -3.20. The predicted molar refractivity (Wildman–Crippen MR) is 137 cm³/mol. The number of halogens is 1. The van der Waals surface area contributed by atoms with E-state index in [1.54, 1.807) is 24.3 Å². The van der Waals surface area contributed by atoms with Gasteiger partial charge in [-0.2, -0.15) is 0 Å². The van der Waals surface area contributed by atoms with Gasteiger partial charge in [0, 0.05) is 11.1 Å². The molecule has 1 unspecified atom stereocenters. The average molecular weight is 491 g/mol. The summed E-state index contributed by atoms with van der Waals surface area (Å²) in [6.07, 6.45) is 0.358. The fourth-order valence-electron chi connectivity index (χ4n) is 3.95. The van der Waals surface area contributed by atoms with E-state index in [2.05, 4.69) is 10.6 Å². The number of benzene rings is 3. The highest BCUT2D eigenvalue weighted by Gasteiger charge is 2.30. The fraction of sp³-hybridized carbons (Fsp3) is 0.276. The van der Waals surface area contributed by atoms with Crippen molar-refractivity contribution in [3.05, 3.63) is 95.8 Å². The molecule has 36 heavy (non-hydrogen) atoms. The molecule has 2 amide bonds. The van der Waals surface area contributed by atoms with Crippen LogP contribution in [0.1, 0.15) is 43.1 Å². The number of rotatable bonds is 10. The Balaban J connectivity index is 1.72. The van der Waals surface area contributed by atoms with Crippen molar-refractivity contribution in [1.82, 2.24) is 10.6 Å². The van der Waals surface area contributed by atoms with E-state index in [1.807, 2.05) is 56.3 Å². The van der Waals surface area contributed by atoms with Gasteiger partial charge in [-0.15, -0.1) is 0 Å². The zero-order valence-electron chi connectivity index (χ0n) is 20.6. The maximum atomic E-state index is 13.2. The van der Waals surface area contributed by atoms with Crippen molar-refractivity contribution in [2.75, 3.05) is 0 Å². The summed E-state index contributed by atoms with van der Waals surface area (Å²) >= 11 is 0. The molecule has 0 saturated heterocycles. The molecule has 0 radical (unpaired) electrons. The molecule has 2 atom stereocenters. The van der Waals surface area contributed by atoms with Crippen molar-refractivity contribution in [2.24, 2.45) is 5.92 Å². The molecule has 0 heterocycles. The van der Waals surface area contributed by atoms with Crippen molar-refractivity contribution < 1.29 is 23.9 Å². The number of hydrogen-bond acceptors (Lipinski definition) is 3. The number of carbonyl (C=O) groups is 3. The van der Waals surface area contributed by atoms with Crippen LogP contribution in [0.5, 0.6) is 0 Å². The third-order valence-corrected chi connectivity index (χ3v) is 5.91. The van der Waals surface area contributed by atoms with Crippen molar-refractivity contribution in [1.29, 1.82) is 0 Å². The molecule has 0 bridgehead atoms. The molecule has 0 aromatic heterocycles. The number of hydrogen-bond donors (Lipinski definition) is 3. The average Bonchev–Trinajstić information content (AvgIpc) is 2.85. The molecule has 0 fully saturated rings. The molecular formula is C29H31FN2O4. The molecule has 3 aromatic carbocycles. The van der Waals surface area contributed by atoms with Crippen LogP contribution < -0.4 is 10.6 Å². The van der Waals surface area contributed by atoms with E-state index in [9.17, 15) is 23.9 Å². The Morgan fingerprint density at radius 1 is 0.889 bits per heavy atom. The Kier molecular flexibility index (Phi) is 8.59. The van der Waals surface area contributed by atoms with Gasteiger partial charge in [0.25, 0.3) is 5.91 Å². The van der Waals surface area contributed by atoms with Gasteiger partial charge in [0.1, 0.15) is 11.9 Å². The summed E-state index contributed by atoms with van der Waals surface area (Å²) < 4.78 is 13.2. The minimum absolute atomic E-state index is 0.0678. The second-order valence-corrected chi connectivity index (χ2v) is 9.62. The smallest absolute Gasteiger partial charge is 0.306 e. The Labute approximate surface area is 210 Å². The normalized spacial score (nSPS) is 12.9. The number of carboxylic acid groups (broad SMARTS) is 1. The van der Waals surface area contributed by atoms with Crippen LogP contribution in [0.15, 0.2) is 78.9 Å². The van der Waals surface area contributed by atoms with E-state index < -0.39 is 35.3 Å². The highest BCUT2D eigenvalue weighted by Crippen LogP contribution is 2.20. The second kappa shape index (κ2) is 11.6. The quantitative estimate of drug-likeness (QED) is 0.379. The maximum Gasteiger partial charge on any atom is 0.306 e. The lowest BCUT2D eigenvalue weighted by atomic mass is 9.93. The highest BCUT2D eigenvalue weighted by molar-refractivity contribution is 5.98.